The first kappa shape index (κ1) is 27.2. The predicted molar refractivity (Wildman–Crippen MR) is 149 cm³/mol. The maximum atomic E-state index is 13.7. The summed E-state index contributed by atoms with van der Waals surface area (Å²) >= 11 is 0. The van der Waals surface area contributed by atoms with Gasteiger partial charge in [-0.3, -0.25) is 14.0 Å². The van der Waals surface area contributed by atoms with Gasteiger partial charge in [0.1, 0.15) is 18.0 Å². The summed E-state index contributed by atoms with van der Waals surface area (Å²) in [7, 11) is -1.07. The van der Waals surface area contributed by atoms with Crippen molar-refractivity contribution < 1.29 is 22.7 Å². The Morgan fingerprint density at radius 2 is 1.55 bits per heavy atom. The van der Waals surface area contributed by atoms with Gasteiger partial charge in [0.15, 0.2) is 0 Å². The highest BCUT2D eigenvalue weighted by atomic mass is 32.2. The lowest BCUT2D eigenvalue weighted by molar-refractivity contribution is -0.131. The van der Waals surface area contributed by atoms with Gasteiger partial charge in [-0.2, -0.15) is 0 Å². The van der Waals surface area contributed by atoms with E-state index < -0.39 is 10.0 Å². The van der Waals surface area contributed by atoms with Crippen LogP contribution in [-0.2, 0) is 14.8 Å². The standard InChI is InChI=1S/C29H33N3O5S/c1-36-25-15-16-27(28(22-25)37-2)32(38(34,35)26-13-7-4-8-14-26)23-29(33)31-20-18-30(19-21-31)17-9-12-24-10-5-3-6-11-24/h3-16,22H,17-21,23H2,1-2H3/b12-9+. The van der Waals surface area contributed by atoms with Gasteiger partial charge in [-0.1, -0.05) is 60.7 Å². The van der Waals surface area contributed by atoms with E-state index in [0.717, 1.165) is 16.4 Å². The molecule has 8 nitrogen and oxygen atoms in total. The Hall–Kier alpha value is -3.82. The average Bonchev–Trinajstić information content (AvgIpc) is 2.96. The Morgan fingerprint density at radius 3 is 2.18 bits per heavy atom. The minimum absolute atomic E-state index is 0.0979. The van der Waals surface area contributed by atoms with Gasteiger partial charge < -0.3 is 14.4 Å². The second kappa shape index (κ2) is 12.6. The molecule has 1 aliphatic heterocycles. The zero-order chi connectivity index (χ0) is 27.0. The van der Waals surface area contributed by atoms with Gasteiger partial charge in [-0.25, -0.2) is 8.42 Å². The molecule has 1 aliphatic rings. The van der Waals surface area contributed by atoms with Crippen LogP contribution in [0.25, 0.3) is 6.08 Å². The summed E-state index contributed by atoms with van der Waals surface area (Å²) in [4.78, 5) is 17.5. The number of nitrogens with zero attached hydrogens (tertiary/aromatic N) is 3. The van der Waals surface area contributed by atoms with Crippen LogP contribution in [0.2, 0.25) is 0 Å². The zero-order valence-corrected chi connectivity index (χ0v) is 22.5. The second-order valence-electron chi connectivity index (χ2n) is 8.86. The number of rotatable bonds is 10. The van der Waals surface area contributed by atoms with Crippen molar-refractivity contribution in [3.8, 4) is 11.5 Å². The third-order valence-electron chi connectivity index (χ3n) is 6.46. The largest absolute Gasteiger partial charge is 0.497 e. The fourth-order valence-electron chi connectivity index (χ4n) is 4.31. The van der Waals surface area contributed by atoms with E-state index in [9.17, 15) is 13.2 Å². The summed E-state index contributed by atoms with van der Waals surface area (Å²) in [5, 5.41) is 0. The molecule has 0 spiro atoms. The van der Waals surface area contributed by atoms with E-state index in [-0.39, 0.29) is 23.0 Å². The molecule has 0 aromatic heterocycles. The molecule has 0 saturated carbocycles. The monoisotopic (exact) mass is 535 g/mol. The highest BCUT2D eigenvalue weighted by Crippen LogP contribution is 2.35. The molecule has 3 aromatic rings. The Bertz CT molecular complexity index is 1340. The number of carbonyl (C=O) groups is 1. The minimum atomic E-state index is -4.04. The molecule has 0 atom stereocenters. The van der Waals surface area contributed by atoms with Gasteiger partial charge in [0.2, 0.25) is 5.91 Å². The highest BCUT2D eigenvalue weighted by Gasteiger charge is 2.32. The predicted octanol–water partition coefficient (Wildman–Crippen LogP) is 3.76. The summed E-state index contributed by atoms with van der Waals surface area (Å²) < 4.78 is 39.3. The third-order valence-corrected chi connectivity index (χ3v) is 8.24. The first-order chi connectivity index (χ1) is 18.4. The zero-order valence-electron chi connectivity index (χ0n) is 21.7. The Kier molecular flexibility index (Phi) is 9.04. The maximum Gasteiger partial charge on any atom is 0.264 e. The fraction of sp³-hybridized carbons (Fsp3) is 0.276. The van der Waals surface area contributed by atoms with Crippen LogP contribution in [0.15, 0.2) is 89.8 Å². The van der Waals surface area contributed by atoms with E-state index in [0.29, 0.717) is 37.7 Å². The first-order valence-corrected chi connectivity index (χ1v) is 13.9. The van der Waals surface area contributed by atoms with Gasteiger partial charge in [0.25, 0.3) is 10.0 Å². The van der Waals surface area contributed by atoms with Crippen molar-refractivity contribution in [1.82, 2.24) is 9.80 Å². The molecule has 1 amide bonds. The van der Waals surface area contributed by atoms with E-state index in [4.69, 9.17) is 9.47 Å². The summed E-state index contributed by atoms with van der Waals surface area (Å²) in [5.74, 6) is 0.556. The lowest BCUT2D eigenvalue weighted by Gasteiger charge is -2.35. The van der Waals surface area contributed by atoms with E-state index in [1.54, 1.807) is 41.3 Å². The van der Waals surface area contributed by atoms with Crippen molar-refractivity contribution in [2.75, 3.05) is 57.8 Å². The number of piperazine rings is 1. The number of sulfonamides is 1. The van der Waals surface area contributed by atoms with E-state index >= 15 is 0 Å². The van der Waals surface area contributed by atoms with Crippen molar-refractivity contribution in [2.24, 2.45) is 0 Å². The molecule has 0 aliphatic carbocycles. The van der Waals surface area contributed by atoms with Crippen LogP contribution in [0.3, 0.4) is 0 Å². The fourth-order valence-corrected chi connectivity index (χ4v) is 5.76. The van der Waals surface area contributed by atoms with Crippen molar-refractivity contribution >= 4 is 27.7 Å². The Labute approximate surface area is 224 Å². The molecule has 3 aromatic carbocycles. The molecule has 200 valence electrons. The number of hydrogen-bond acceptors (Lipinski definition) is 6. The number of benzene rings is 3. The molecule has 0 unspecified atom stereocenters. The number of amides is 1. The van der Waals surface area contributed by atoms with Crippen LogP contribution in [0, 0.1) is 0 Å². The van der Waals surface area contributed by atoms with E-state index in [1.807, 2.05) is 18.2 Å². The van der Waals surface area contributed by atoms with Gasteiger partial charge in [0, 0.05) is 38.8 Å². The minimum Gasteiger partial charge on any atom is -0.497 e. The molecule has 0 N–H and O–H groups in total. The van der Waals surface area contributed by atoms with Gasteiger partial charge in [-0.05, 0) is 29.8 Å². The Balaban J connectivity index is 1.48. The van der Waals surface area contributed by atoms with Crippen LogP contribution in [0.4, 0.5) is 5.69 Å². The van der Waals surface area contributed by atoms with Crippen molar-refractivity contribution in [3.05, 3.63) is 90.5 Å². The molecule has 9 heteroatoms. The molecular weight excluding hydrogens is 502 g/mol. The second-order valence-corrected chi connectivity index (χ2v) is 10.7. The lowest BCUT2D eigenvalue weighted by Crippen LogP contribution is -2.51. The maximum absolute atomic E-state index is 13.7. The Morgan fingerprint density at radius 1 is 0.895 bits per heavy atom. The number of ether oxygens (including phenoxy) is 2. The van der Waals surface area contributed by atoms with E-state index in [1.165, 1.54) is 26.4 Å². The van der Waals surface area contributed by atoms with Crippen LogP contribution in [-0.4, -0.2) is 77.6 Å². The number of hydrogen-bond donors (Lipinski definition) is 0. The first-order valence-electron chi connectivity index (χ1n) is 12.4. The van der Waals surface area contributed by atoms with Crippen molar-refractivity contribution in [1.29, 1.82) is 0 Å². The average molecular weight is 536 g/mol. The summed E-state index contributed by atoms with van der Waals surface area (Å²) in [6, 6.07) is 23.1. The lowest BCUT2D eigenvalue weighted by atomic mass is 10.2. The van der Waals surface area contributed by atoms with Crippen LogP contribution in [0.1, 0.15) is 5.56 Å². The highest BCUT2D eigenvalue weighted by molar-refractivity contribution is 7.92. The summed E-state index contributed by atoms with van der Waals surface area (Å²) in [5.41, 5.74) is 1.42. The van der Waals surface area contributed by atoms with Crippen molar-refractivity contribution in [3.63, 3.8) is 0 Å². The summed E-state index contributed by atoms with van der Waals surface area (Å²) in [6.45, 7) is 2.92. The molecular formula is C29H33N3O5S. The van der Waals surface area contributed by atoms with Gasteiger partial charge in [-0.15, -0.1) is 0 Å². The molecule has 1 saturated heterocycles. The van der Waals surface area contributed by atoms with Gasteiger partial charge >= 0.3 is 0 Å². The molecule has 0 radical (unpaired) electrons. The molecule has 1 fully saturated rings. The van der Waals surface area contributed by atoms with E-state index in [2.05, 4.69) is 29.2 Å². The molecule has 0 bridgehead atoms. The smallest absolute Gasteiger partial charge is 0.264 e. The molecule has 4 rings (SSSR count). The van der Waals surface area contributed by atoms with Crippen molar-refractivity contribution in [2.45, 2.75) is 4.90 Å². The number of anilines is 1. The van der Waals surface area contributed by atoms with Crippen LogP contribution < -0.4 is 13.8 Å². The normalized spacial score (nSPS) is 14.4. The molecule has 38 heavy (non-hydrogen) atoms. The van der Waals surface area contributed by atoms with Crippen LogP contribution in [0.5, 0.6) is 11.5 Å². The van der Waals surface area contributed by atoms with Gasteiger partial charge in [0.05, 0.1) is 24.8 Å². The summed E-state index contributed by atoms with van der Waals surface area (Å²) in [6.07, 6.45) is 4.21. The SMILES string of the molecule is COc1ccc(N(CC(=O)N2CCN(C/C=C/c3ccccc3)CC2)S(=O)(=O)c2ccccc2)c(OC)c1. The topological polar surface area (TPSA) is 79.4 Å². The third kappa shape index (κ3) is 6.54. The molecule has 1 heterocycles. The number of carbonyl (C=O) groups excluding carboxylic acids is 1. The number of methoxy groups -OCH3 is 2. The quantitative estimate of drug-likeness (QED) is 0.394. The van der Waals surface area contributed by atoms with Crippen LogP contribution >= 0.6 is 0 Å².